The Morgan fingerprint density at radius 1 is 0.636 bits per heavy atom. The van der Waals surface area contributed by atoms with Gasteiger partial charge in [-0.15, -0.1) is 10.2 Å². The van der Waals surface area contributed by atoms with Gasteiger partial charge in [0.1, 0.15) is 0 Å². The Bertz CT molecular complexity index is 1160. The van der Waals surface area contributed by atoms with Gasteiger partial charge in [0.2, 0.25) is 0 Å². The molecular weight excluding hydrogens is 438 g/mol. The van der Waals surface area contributed by atoms with Gasteiger partial charge in [-0.2, -0.15) is 4.57 Å². The number of halogens is 1. The first kappa shape index (κ1) is 21.8. The zero-order valence-corrected chi connectivity index (χ0v) is 18.5. The number of hydrogen-bond acceptors (Lipinski definition) is 4. The molecule has 2 unspecified atom stereocenters. The summed E-state index contributed by atoms with van der Waals surface area (Å²) >= 11 is 0. The largest absolute Gasteiger partial charge is 0.222 e. The van der Waals surface area contributed by atoms with E-state index in [4.69, 9.17) is 18.6 Å². The summed E-state index contributed by atoms with van der Waals surface area (Å²) in [6, 6.07) is 38.4. The van der Waals surface area contributed by atoms with Crippen molar-refractivity contribution >= 4 is 0 Å². The fraction of sp³-hybridized carbons (Fsp3) is 0.148. The summed E-state index contributed by atoms with van der Waals surface area (Å²) in [6.45, 7) is 0. The van der Waals surface area contributed by atoms with E-state index in [1.54, 1.807) is 0 Å². The highest BCUT2D eigenvalue weighted by Crippen LogP contribution is 2.59. The molecule has 33 heavy (non-hydrogen) atoms. The summed E-state index contributed by atoms with van der Waals surface area (Å²) < 4.78 is 36.5. The zero-order chi connectivity index (χ0) is 23.1. The van der Waals surface area contributed by atoms with E-state index in [2.05, 4.69) is 114 Å². The normalized spacial score (nSPS) is 19.6. The lowest BCUT2D eigenvalue weighted by molar-refractivity contribution is -2.00. The molecule has 0 N–H and O–H groups in total. The van der Waals surface area contributed by atoms with E-state index in [1.807, 2.05) is 0 Å². The number of benzene rings is 3. The molecule has 166 valence electrons. The number of fused-ring (bicyclic) bond motifs is 1. The van der Waals surface area contributed by atoms with Crippen LogP contribution in [0.5, 0.6) is 0 Å². The lowest BCUT2D eigenvalue weighted by atomic mass is 9.53. The molecule has 7 rings (SSSR count). The van der Waals surface area contributed by atoms with E-state index < -0.39 is 10.2 Å². The Kier molecular flexibility index (Phi) is 5.52. The summed E-state index contributed by atoms with van der Waals surface area (Å²) in [5.74, 6) is 0.305. The molecule has 0 saturated carbocycles. The Morgan fingerprint density at radius 3 is 1.70 bits per heavy atom. The van der Waals surface area contributed by atoms with Crippen LogP contribution in [-0.4, -0.2) is 0 Å². The second-order valence-corrected chi connectivity index (χ2v) is 9.15. The number of pyridine rings is 1. The monoisotopic (exact) mass is 459 g/mol. The van der Waals surface area contributed by atoms with Crippen molar-refractivity contribution in [1.82, 2.24) is 0 Å². The second-order valence-electron chi connectivity index (χ2n) is 8.40. The lowest BCUT2D eigenvalue weighted by Gasteiger charge is -2.50. The highest BCUT2D eigenvalue weighted by atomic mass is 35.7. The smallest absolute Gasteiger partial charge is 0.190 e. The predicted molar refractivity (Wildman–Crippen MR) is 111 cm³/mol. The minimum Gasteiger partial charge on any atom is -0.222 e. The van der Waals surface area contributed by atoms with Gasteiger partial charge in [0.25, 0.3) is 0 Å². The van der Waals surface area contributed by atoms with E-state index in [1.165, 1.54) is 27.9 Å². The number of hydrogen-bond donors (Lipinski definition) is 0. The molecule has 0 radical (unpaired) electrons. The van der Waals surface area contributed by atoms with Crippen molar-refractivity contribution in [1.29, 1.82) is 0 Å². The summed E-state index contributed by atoms with van der Waals surface area (Å²) in [5, 5.41) is 0. The zero-order valence-electron chi connectivity index (χ0n) is 17.7. The van der Waals surface area contributed by atoms with E-state index in [9.17, 15) is 0 Å². The summed E-state index contributed by atoms with van der Waals surface area (Å²) in [6.07, 6.45) is 3.35. The molecule has 6 heteroatoms. The fourth-order valence-corrected chi connectivity index (χ4v) is 5.74. The number of rotatable bonds is 2. The van der Waals surface area contributed by atoms with Gasteiger partial charge in [-0.1, -0.05) is 91.0 Å². The van der Waals surface area contributed by atoms with E-state index in [-0.39, 0.29) is 5.41 Å². The summed E-state index contributed by atoms with van der Waals surface area (Å²) in [4.78, 5) is 0. The first-order valence-corrected chi connectivity index (χ1v) is 11.9. The lowest BCUT2D eigenvalue weighted by Crippen LogP contribution is -2.68. The molecule has 5 nitrogen and oxygen atoms in total. The van der Waals surface area contributed by atoms with Gasteiger partial charge in [-0.05, 0) is 16.7 Å². The van der Waals surface area contributed by atoms with Gasteiger partial charge in [-0.3, -0.25) is 0 Å². The van der Waals surface area contributed by atoms with Gasteiger partial charge in [0, 0.05) is 29.5 Å². The van der Waals surface area contributed by atoms with E-state index >= 15 is 0 Å². The standard InChI is InChI=1S/C27H22N.ClHO4/c1-3-11-20(12-4-1)27(21-13-5-2-6-14-21)19-25-22-15-7-8-16-23(22)26(27)24-17-9-10-18-28(24)25;2-1(3,4)5/h1-18,25-26H,19H2;(H,2,3,4,5)/q+1;/p-1. The first-order valence-electron chi connectivity index (χ1n) is 10.7. The summed E-state index contributed by atoms with van der Waals surface area (Å²) in [7, 11) is -4.94. The van der Waals surface area contributed by atoms with Gasteiger partial charge in [0.05, 0.1) is 5.92 Å². The van der Waals surface area contributed by atoms with Crippen LogP contribution in [0.15, 0.2) is 109 Å². The third kappa shape index (κ3) is 3.84. The molecule has 2 atom stereocenters. The van der Waals surface area contributed by atoms with Crippen LogP contribution in [0.3, 0.4) is 0 Å². The van der Waals surface area contributed by atoms with Crippen molar-refractivity contribution in [3.8, 4) is 0 Å². The molecule has 0 saturated heterocycles. The van der Waals surface area contributed by atoms with Crippen LogP contribution in [0.4, 0.5) is 0 Å². The maximum atomic E-state index is 8.49. The third-order valence-electron chi connectivity index (χ3n) is 6.81. The number of aromatic nitrogens is 1. The predicted octanol–water partition coefficient (Wildman–Crippen LogP) is 0.643. The molecule has 0 amide bonds. The molecule has 3 aliphatic rings. The Hall–Kier alpha value is -3.06. The van der Waals surface area contributed by atoms with Crippen molar-refractivity contribution in [2.75, 3.05) is 0 Å². The van der Waals surface area contributed by atoms with Gasteiger partial charge >= 0.3 is 0 Å². The second kappa shape index (κ2) is 8.37. The molecule has 2 aliphatic heterocycles. The van der Waals surface area contributed by atoms with Gasteiger partial charge in [0.15, 0.2) is 17.9 Å². The highest BCUT2D eigenvalue weighted by Gasteiger charge is 2.59. The maximum Gasteiger partial charge on any atom is 0.190 e. The van der Waals surface area contributed by atoms with Crippen LogP contribution in [0.1, 0.15) is 46.3 Å². The molecule has 0 spiro atoms. The molecule has 3 heterocycles. The van der Waals surface area contributed by atoms with E-state index in [0.29, 0.717) is 12.0 Å². The molecule has 0 fully saturated rings. The van der Waals surface area contributed by atoms with Crippen molar-refractivity contribution in [3.05, 3.63) is 137 Å². The molecule has 1 aliphatic carbocycles. The van der Waals surface area contributed by atoms with Crippen LogP contribution in [0.2, 0.25) is 0 Å². The molecule has 3 aromatic carbocycles. The van der Waals surface area contributed by atoms with Crippen LogP contribution in [-0.2, 0) is 5.41 Å². The minimum atomic E-state index is -4.94. The Morgan fingerprint density at radius 2 is 1.12 bits per heavy atom. The fourth-order valence-electron chi connectivity index (χ4n) is 5.74. The molecule has 1 aromatic heterocycles. The average Bonchev–Trinajstić information content (AvgIpc) is 2.84. The van der Waals surface area contributed by atoms with Gasteiger partial charge in [-0.25, -0.2) is 18.6 Å². The maximum absolute atomic E-state index is 8.49. The minimum absolute atomic E-state index is 0.0527. The Balaban J connectivity index is 0.000000416. The first-order chi connectivity index (χ1) is 15.9. The molecule has 2 bridgehead atoms. The average molecular weight is 460 g/mol. The molecule has 4 aromatic rings. The van der Waals surface area contributed by atoms with E-state index in [0.717, 1.165) is 6.42 Å². The van der Waals surface area contributed by atoms with Crippen molar-refractivity contribution in [2.45, 2.75) is 23.8 Å². The molecular formula is C27H22ClNO4. The third-order valence-corrected chi connectivity index (χ3v) is 6.81. The van der Waals surface area contributed by atoms with Crippen molar-refractivity contribution in [3.63, 3.8) is 0 Å². The van der Waals surface area contributed by atoms with Crippen LogP contribution < -0.4 is 23.2 Å². The number of nitrogens with zero attached hydrogens (tertiary/aromatic N) is 1. The quantitative estimate of drug-likeness (QED) is 0.411. The SMILES string of the molecule is [O-][Cl+3]([O-])([O-])[O-].c1ccc(C2(c3ccccc3)CC3c4ccccc4C2c2cccc[n+]23)cc1. The van der Waals surface area contributed by atoms with Crippen molar-refractivity contribution < 1.29 is 33.4 Å². The topological polar surface area (TPSA) is 96.1 Å². The van der Waals surface area contributed by atoms with Crippen LogP contribution in [0, 0.1) is 10.2 Å². The van der Waals surface area contributed by atoms with Crippen molar-refractivity contribution in [2.24, 2.45) is 0 Å². The van der Waals surface area contributed by atoms with Gasteiger partial charge < -0.3 is 0 Å². The summed E-state index contributed by atoms with van der Waals surface area (Å²) in [5.41, 5.74) is 7.17. The van der Waals surface area contributed by atoms with Crippen LogP contribution in [0.25, 0.3) is 0 Å². The van der Waals surface area contributed by atoms with Crippen LogP contribution >= 0.6 is 0 Å². The highest BCUT2D eigenvalue weighted by molar-refractivity contribution is 5.54. The Labute approximate surface area is 194 Å².